The second-order valence-electron chi connectivity index (χ2n) is 4.48. The SMILES string of the molecule is OCCCc1cn(Cc2cccnc2Cl)nc1C(F)(F)F. The van der Waals surface area contributed by atoms with Crippen LogP contribution in [0.3, 0.4) is 0 Å². The fourth-order valence-corrected chi connectivity index (χ4v) is 2.13. The number of rotatable bonds is 5. The van der Waals surface area contributed by atoms with E-state index in [2.05, 4.69) is 10.1 Å². The van der Waals surface area contributed by atoms with Gasteiger partial charge < -0.3 is 5.11 Å². The Balaban J connectivity index is 2.29. The molecule has 0 aromatic carbocycles. The number of hydrogen-bond donors (Lipinski definition) is 1. The molecule has 0 bridgehead atoms. The van der Waals surface area contributed by atoms with Gasteiger partial charge in [0.15, 0.2) is 5.69 Å². The average molecular weight is 320 g/mol. The third-order valence-corrected chi connectivity index (χ3v) is 3.22. The molecular formula is C13H13ClF3N3O. The van der Waals surface area contributed by atoms with Crippen molar-refractivity contribution in [1.29, 1.82) is 0 Å². The highest BCUT2D eigenvalue weighted by molar-refractivity contribution is 6.30. The number of aliphatic hydroxyl groups is 1. The molecule has 114 valence electrons. The average Bonchev–Trinajstić information content (AvgIpc) is 2.82. The van der Waals surface area contributed by atoms with E-state index in [4.69, 9.17) is 16.7 Å². The van der Waals surface area contributed by atoms with Crippen molar-refractivity contribution in [3.8, 4) is 0 Å². The molecule has 0 aliphatic rings. The molecule has 2 aromatic rings. The van der Waals surface area contributed by atoms with Gasteiger partial charge in [-0.1, -0.05) is 17.7 Å². The first-order chi connectivity index (χ1) is 9.91. The topological polar surface area (TPSA) is 50.9 Å². The second kappa shape index (κ2) is 6.44. The Labute approximate surface area is 124 Å². The Hall–Kier alpha value is -1.60. The van der Waals surface area contributed by atoms with Crippen molar-refractivity contribution in [3.05, 3.63) is 46.5 Å². The molecule has 0 amide bonds. The van der Waals surface area contributed by atoms with Crippen molar-refractivity contribution in [1.82, 2.24) is 14.8 Å². The third-order valence-electron chi connectivity index (χ3n) is 2.88. The zero-order valence-electron chi connectivity index (χ0n) is 10.9. The largest absolute Gasteiger partial charge is 0.435 e. The molecule has 0 unspecified atom stereocenters. The predicted octanol–water partition coefficient (Wildman–Crippen LogP) is 2.92. The van der Waals surface area contributed by atoms with Crippen molar-refractivity contribution < 1.29 is 18.3 Å². The van der Waals surface area contributed by atoms with Gasteiger partial charge in [0.1, 0.15) is 5.15 Å². The van der Waals surface area contributed by atoms with Crippen molar-refractivity contribution in [2.24, 2.45) is 0 Å². The smallest absolute Gasteiger partial charge is 0.396 e. The number of alkyl halides is 3. The molecule has 8 heteroatoms. The lowest BCUT2D eigenvalue weighted by Gasteiger charge is -2.05. The molecule has 0 aliphatic carbocycles. The molecule has 4 nitrogen and oxygen atoms in total. The van der Waals surface area contributed by atoms with Gasteiger partial charge in [0.25, 0.3) is 0 Å². The van der Waals surface area contributed by atoms with Gasteiger partial charge in [-0.2, -0.15) is 18.3 Å². The Kier molecular flexibility index (Phi) is 4.84. The van der Waals surface area contributed by atoms with Gasteiger partial charge in [-0.05, 0) is 18.9 Å². The maximum atomic E-state index is 12.9. The zero-order chi connectivity index (χ0) is 15.5. The van der Waals surface area contributed by atoms with Gasteiger partial charge in [-0.25, -0.2) is 4.98 Å². The summed E-state index contributed by atoms with van der Waals surface area (Å²) in [6, 6.07) is 3.33. The van der Waals surface area contributed by atoms with E-state index in [-0.39, 0.29) is 36.7 Å². The highest BCUT2D eigenvalue weighted by Crippen LogP contribution is 2.31. The molecule has 21 heavy (non-hydrogen) atoms. The fraction of sp³-hybridized carbons (Fsp3) is 0.385. The van der Waals surface area contributed by atoms with Crippen LogP contribution in [0.4, 0.5) is 13.2 Å². The fourth-order valence-electron chi connectivity index (χ4n) is 1.95. The van der Waals surface area contributed by atoms with Crippen LogP contribution in [0, 0.1) is 0 Å². The zero-order valence-corrected chi connectivity index (χ0v) is 11.7. The summed E-state index contributed by atoms with van der Waals surface area (Å²) in [7, 11) is 0. The molecule has 1 N–H and O–H groups in total. The molecule has 2 heterocycles. The minimum Gasteiger partial charge on any atom is -0.396 e. The van der Waals surface area contributed by atoms with Crippen LogP contribution in [0.1, 0.15) is 23.2 Å². The molecular weight excluding hydrogens is 307 g/mol. The van der Waals surface area contributed by atoms with Crippen LogP contribution in [-0.2, 0) is 19.1 Å². The van der Waals surface area contributed by atoms with Gasteiger partial charge in [-0.15, -0.1) is 0 Å². The van der Waals surface area contributed by atoms with E-state index in [1.807, 2.05) is 0 Å². The third kappa shape index (κ3) is 3.95. The minimum atomic E-state index is -4.52. The maximum absolute atomic E-state index is 12.9. The van der Waals surface area contributed by atoms with Crippen LogP contribution in [-0.4, -0.2) is 26.5 Å². The summed E-state index contributed by atoms with van der Waals surface area (Å²) in [6.07, 6.45) is -1.31. The molecule has 0 radical (unpaired) electrons. The number of halogens is 4. The Morgan fingerprint density at radius 2 is 2.05 bits per heavy atom. The van der Waals surface area contributed by atoms with Crippen molar-refractivity contribution in [2.75, 3.05) is 6.61 Å². The Morgan fingerprint density at radius 1 is 1.29 bits per heavy atom. The van der Waals surface area contributed by atoms with Gasteiger partial charge >= 0.3 is 6.18 Å². The van der Waals surface area contributed by atoms with E-state index in [0.717, 1.165) is 0 Å². The maximum Gasteiger partial charge on any atom is 0.435 e. The minimum absolute atomic E-state index is 0.0663. The summed E-state index contributed by atoms with van der Waals surface area (Å²) in [5, 5.41) is 12.6. The Bertz CT molecular complexity index is 613. The standard InChI is InChI=1S/C13H13ClF3N3O/c14-12-10(3-1-5-18-12)8-20-7-9(4-2-6-21)11(19-20)13(15,16)17/h1,3,5,7,21H,2,4,6,8H2. The lowest BCUT2D eigenvalue weighted by atomic mass is 10.1. The predicted molar refractivity (Wildman–Crippen MR) is 71.0 cm³/mol. The number of aromatic nitrogens is 3. The van der Waals surface area contributed by atoms with E-state index < -0.39 is 11.9 Å². The van der Waals surface area contributed by atoms with Crippen LogP contribution < -0.4 is 0 Å². The van der Waals surface area contributed by atoms with Crippen molar-refractivity contribution >= 4 is 11.6 Å². The van der Waals surface area contributed by atoms with Gasteiger partial charge in [0, 0.05) is 30.1 Å². The van der Waals surface area contributed by atoms with Crippen LogP contribution >= 0.6 is 11.6 Å². The molecule has 0 spiro atoms. The monoisotopic (exact) mass is 319 g/mol. The number of pyridine rings is 1. The van der Waals surface area contributed by atoms with E-state index in [1.54, 1.807) is 12.1 Å². The molecule has 0 fully saturated rings. The summed E-state index contributed by atoms with van der Waals surface area (Å²) in [6.45, 7) is -0.0637. The van der Waals surface area contributed by atoms with Crippen molar-refractivity contribution in [2.45, 2.75) is 25.6 Å². The van der Waals surface area contributed by atoms with Gasteiger partial charge in [0.05, 0.1) is 6.54 Å². The molecule has 0 saturated heterocycles. The summed E-state index contributed by atoms with van der Waals surface area (Å²) >= 11 is 5.89. The lowest BCUT2D eigenvalue weighted by Crippen LogP contribution is -2.10. The summed E-state index contributed by atoms with van der Waals surface area (Å²) in [5.74, 6) is 0. The quantitative estimate of drug-likeness (QED) is 0.862. The van der Waals surface area contributed by atoms with E-state index in [1.165, 1.54) is 17.1 Å². The molecule has 2 aromatic heterocycles. The van der Waals surface area contributed by atoms with Gasteiger partial charge in [-0.3, -0.25) is 4.68 Å². The first-order valence-electron chi connectivity index (χ1n) is 6.25. The van der Waals surface area contributed by atoms with Crippen LogP contribution in [0.2, 0.25) is 5.15 Å². The normalized spacial score (nSPS) is 11.9. The van der Waals surface area contributed by atoms with Crippen LogP contribution in [0.25, 0.3) is 0 Å². The van der Waals surface area contributed by atoms with Crippen molar-refractivity contribution in [3.63, 3.8) is 0 Å². The first kappa shape index (κ1) is 15.8. The van der Waals surface area contributed by atoms with Gasteiger partial charge in [0.2, 0.25) is 0 Å². The number of nitrogens with zero attached hydrogens (tertiary/aromatic N) is 3. The molecule has 2 rings (SSSR count). The van der Waals surface area contributed by atoms with E-state index >= 15 is 0 Å². The highest BCUT2D eigenvalue weighted by Gasteiger charge is 2.36. The number of aliphatic hydroxyl groups excluding tert-OH is 1. The number of aryl methyl sites for hydroxylation is 1. The molecule has 0 aliphatic heterocycles. The lowest BCUT2D eigenvalue weighted by molar-refractivity contribution is -0.142. The highest BCUT2D eigenvalue weighted by atomic mass is 35.5. The van der Waals surface area contributed by atoms with Crippen LogP contribution in [0.15, 0.2) is 24.5 Å². The summed E-state index contributed by atoms with van der Waals surface area (Å²) < 4.78 is 40.0. The van der Waals surface area contributed by atoms with E-state index in [0.29, 0.717) is 5.56 Å². The first-order valence-corrected chi connectivity index (χ1v) is 6.63. The second-order valence-corrected chi connectivity index (χ2v) is 4.84. The number of hydrogen-bond acceptors (Lipinski definition) is 3. The van der Waals surface area contributed by atoms with Crippen LogP contribution in [0.5, 0.6) is 0 Å². The summed E-state index contributed by atoms with van der Waals surface area (Å²) in [5.41, 5.74) is -0.267. The molecule has 0 atom stereocenters. The molecule has 0 saturated carbocycles. The Morgan fingerprint density at radius 3 is 2.67 bits per heavy atom. The summed E-state index contributed by atoms with van der Waals surface area (Å²) in [4.78, 5) is 3.87. The van der Waals surface area contributed by atoms with E-state index in [9.17, 15) is 13.2 Å².